The second-order valence-electron chi connectivity index (χ2n) is 3.68. The molecule has 0 saturated carbocycles. The average molecular weight is 284 g/mol. The predicted molar refractivity (Wildman–Crippen MR) is 64.1 cm³/mol. The van der Waals surface area contributed by atoms with Crippen LogP contribution in [0, 0.1) is 5.82 Å². The Hall–Kier alpha value is -2.51. The van der Waals surface area contributed by atoms with Crippen LogP contribution in [0.4, 0.5) is 4.39 Å². The van der Waals surface area contributed by atoms with Crippen molar-refractivity contribution < 1.29 is 28.2 Å². The lowest BCUT2D eigenvalue weighted by Gasteiger charge is -2.19. The normalized spacial score (nSPS) is 9.75. The topological polar surface area (TPSA) is 85.8 Å². The zero-order valence-corrected chi connectivity index (χ0v) is 11.0. The van der Waals surface area contributed by atoms with Crippen LogP contribution < -0.4 is 0 Å². The number of rotatable bonds is 5. The largest absolute Gasteiger partial charge is 0.468 e. The summed E-state index contributed by atoms with van der Waals surface area (Å²) in [5, 5.41) is 0. The maximum Gasteiger partial charge on any atom is 0.325 e. The third-order valence-corrected chi connectivity index (χ3v) is 2.33. The van der Waals surface area contributed by atoms with Gasteiger partial charge < -0.3 is 14.4 Å². The molecular weight excluding hydrogens is 271 g/mol. The second-order valence-corrected chi connectivity index (χ2v) is 3.68. The fourth-order valence-electron chi connectivity index (χ4n) is 1.30. The van der Waals surface area contributed by atoms with Gasteiger partial charge in [-0.05, 0) is 12.1 Å². The molecule has 0 radical (unpaired) electrons. The first-order valence-corrected chi connectivity index (χ1v) is 5.52. The number of hydrogen-bond donors (Lipinski definition) is 0. The molecule has 0 aromatic carbocycles. The minimum Gasteiger partial charge on any atom is -0.468 e. The van der Waals surface area contributed by atoms with E-state index in [1.807, 2.05) is 0 Å². The van der Waals surface area contributed by atoms with E-state index in [1.54, 1.807) is 0 Å². The number of hydrogen-bond acceptors (Lipinski definition) is 6. The molecule has 8 heteroatoms. The summed E-state index contributed by atoms with van der Waals surface area (Å²) in [5.74, 6) is -2.72. The Balaban J connectivity index is 2.90. The minimum absolute atomic E-state index is 0.0980. The first-order chi connectivity index (χ1) is 9.47. The number of carbonyl (C=O) groups is 3. The van der Waals surface area contributed by atoms with E-state index >= 15 is 0 Å². The van der Waals surface area contributed by atoms with Crippen LogP contribution in [0.1, 0.15) is 10.5 Å². The van der Waals surface area contributed by atoms with Gasteiger partial charge in [0.15, 0.2) is 0 Å². The summed E-state index contributed by atoms with van der Waals surface area (Å²) in [6.45, 7) is -0.882. The molecule has 7 nitrogen and oxygen atoms in total. The molecule has 0 bridgehead atoms. The zero-order valence-electron chi connectivity index (χ0n) is 11.0. The highest BCUT2D eigenvalue weighted by Gasteiger charge is 2.23. The van der Waals surface area contributed by atoms with Crippen LogP contribution in [-0.2, 0) is 19.1 Å². The average Bonchev–Trinajstić information content (AvgIpc) is 2.46. The number of amides is 1. The summed E-state index contributed by atoms with van der Waals surface area (Å²) in [6, 6.07) is 2.20. The smallest absolute Gasteiger partial charge is 0.325 e. The number of pyridine rings is 1. The lowest BCUT2D eigenvalue weighted by atomic mass is 10.3. The van der Waals surface area contributed by atoms with Crippen molar-refractivity contribution in [2.45, 2.75) is 0 Å². The maximum absolute atomic E-state index is 12.7. The molecular formula is C12H13FN2O5. The first-order valence-electron chi connectivity index (χ1n) is 5.52. The van der Waals surface area contributed by atoms with E-state index in [9.17, 15) is 18.8 Å². The van der Waals surface area contributed by atoms with Gasteiger partial charge in [-0.1, -0.05) is 0 Å². The van der Waals surface area contributed by atoms with E-state index in [2.05, 4.69) is 14.5 Å². The Morgan fingerprint density at radius 1 is 1.15 bits per heavy atom. The number of nitrogens with zero attached hydrogens (tertiary/aromatic N) is 2. The van der Waals surface area contributed by atoms with Crippen LogP contribution >= 0.6 is 0 Å². The Morgan fingerprint density at radius 2 is 1.70 bits per heavy atom. The molecule has 20 heavy (non-hydrogen) atoms. The van der Waals surface area contributed by atoms with Crippen LogP contribution in [0.3, 0.4) is 0 Å². The highest BCUT2D eigenvalue weighted by molar-refractivity contribution is 5.96. The summed E-state index contributed by atoms with van der Waals surface area (Å²) in [4.78, 5) is 39.0. The first kappa shape index (κ1) is 15.5. The molecule has 108 valence electrons. The number of carbonyl (C=O) groups excluding carboxylic acids is 3. The highest BCUT2D eigenvalue weighted by Crippen LogP contribution is 2.04. The quantitative estimate of drug-likeness (QED) is 0.708. The van der Waals surface area contributed by atoms with Gasteiger partial charge >= 0.3 is 11.9 Å². The summed E-state index contributed by atoms with van der Waals surface area (Å²) in [5.41, 5.74) is -0.0980. The van der Waals surface area contributed by atoms with Gasteiger partial charge in [-0.25, -0.2) is 9.37 Å². The van der Waals surface area contributed by atoms with E-state index in [-0.39, 0.29) is 5.69 Å². The van der Waals surface area contributed by atoms with Crippen molar-refractivity contribution in [1.82, 2.24) is 9.88 Å². The molecule has 0 atom stereocenters. The molecule has 0 spiro atoms. The zero-order chi connectivity index (χ0) is 15.1. The van der Waals surface area contributed by atoms with Crippen molar-refractivity contribution in [1.29, 1.82) is 0 Å². The van der Waals surface area contributed by atoms with Crippen LogP contribution in [0.5, 0.6) is 0 Å². The second kappa shape index (κ2) is 7.17. The molecule has 1 heterocycles. The van der Waals surface area contributed by atoms with E-state index in [0.717, 1.165) is 37.4 Å². The van der Waals surface area contributed by atoms with Gasteiger partial charge in [0, 0.05) is 0 Å². The third-order valence-electron chi connectivity index (χ3n) is 2.33. The highest BCUT2D eigenvalue weighted by atomic mass is 19.1. The summed E-state index contributed by atoms with van der Waals surface area (Å²) >= 11 is 0. The molecule has 0 N–H and O–H groups in total. The van der Waals surface area contributed by atoms with Crippen LogP contribution in [-0.4, -0.2) is 55.0 Å². The molecule has 1 rings (SSSR count). The van der Waals surface area contributed by atoms with E-state index < -0.39 is 36.8 Å². The lowest BCUT2D eigenvalue weighted by molar-refractivity contribution is -0.144. The number of methoxy groups -OCH3 is 2. The molecule has 0 fully saturated rings. The van der Waals surface area contributed by atoms with Crippen molar-refractivity contribution in [3.8, 4) is 0 Å². The predicted octanol–water partition coefficient (Wildman–Crippen LogP) is 0.00890. The molecule has 0 saturated heterocycles. The fourth-order valence-corrected chi connectivity index (χ4v) is 1.30. The number of aromatic nitrogens is 1. The molecule has 1 aromatic heterocycles. The van der Waals surface area contributed by atoms with E-state index in [4.69, 9.17) is 0 Å². The Labute approximate surface area is 114 Å². The van der Waals surface area contributed by atoms with Crippen LogP contribution in [0.15, 0.2) is 18.3 Å². The minimum atomic E-state index is -0.708. The van der Waals surface area contributed by atoms with Crippen molar-refractivity contribution >= 4 is 17.8 Å². The molecule has 1 aromatic rings. The van der Waals surface area contributed by atoms with Crippen LogP contribution in [0.2, 0.25) is 0 Å². The van der Waals surface area contributed by atoms with Gasteiger partial charge in [-0.15, -0.1) is 0 Å². The van der Waals surface area contributed by atoms with E-state index in [0.29, 0.717) is 0 Å². The summed E-state index contributed by atoms with van der Waals surface area (Å²) < 4.78 is 21.6. The van der Waals surface area contributed by atoms with Gasteiger partial charge in [0.1, 0.15) is 24.6 Å². The molecule has 0 unspecified atom stereocenters. The van der Waals surface area contributed by atoms with Gasteiger partial charge in [-0.3, -0.25) is 14.4 Å². The fraction of sp³-hybridized carbons (Fsp3) is 0.333. The Bertz CT molecular complexity index is 485. The number of esters is 2. The number of halogens is 1. The number of ether oxygens (including phenoxy) is 2. The Morgan fingerprint density at radius 3 is 2.10 bits per heavy atom. The molecule has 0 aliphatic rings. The summed E-state index contributed by atoms with van der Waals surface area (Å²) in [6.07, 6.45) is 0.863. The Kier molecular flexibility index (Phi) is 5.57. The monoisotopic (exact) mass is 284 g/mol. The standard InChI is InChI=1S/C12H13FN2O5/c1-19-10(16)6-15(7-11(17)20-2)12(18)9-4-3-8(13)5-14-9/h3-5H,6-7H2,1-2H3. The van der Waals surface area contributed by atoms with E-state index in [1.165, 1.54) is 0 Å². The van der Waals surface area contributed by atoms with Crippen molar-refractivity contribution in [3.63, 3.8) is 0 Å². The molecule has 1 amide bonds. The van der Waals surface area contributed by atoms with Gasteiger partial charge in [0.2, 0.25) is 0 Å². The molecule has 0 aliphatic carbocycles. The van der Waals surface area contributed by atoms with Gasteiger partial charge in [-0.2, -0.15) is 0 Å². The van der Waals surface area contributed by atoms with Crippen molar-refractivity contribution in [2.24, 2.45) is 0 Å². The van der Waals surface area contributed by atoms with Gasteiger partial charge in [0.25, 0.3) is 5.91 Å². The lowest BCUT2D eigenvalue weighted by Crippen LogP contribution is -2.40. The maximum atomic E-state index is 12.7. The molecule has 0 aliphatic heterocycles. The SMILES string of the molecule is COC(=O)CN(CC(=O)OC)C(=O)c1ccc(F)cn1. The van der Waals surface area contributed by atoms with Crippen molar-refractivity contribution in [3.05, 3.63) is 29.8 Å². The van der Waals surface area contributed by atoms with Crippen molar-refractivity contribution in [2.75, 3.05) is 27.3 Å². The van der Waals surface area contributed by atoms with Crippen LogP contribution in [0.25, 0.3) is 0 Å². The summed E-state index contributed by atoms with van der Waals surface area (Å²) in [7, 11) is 2.30. The van der Waals surface area contributed by atoms with Gasteiger partial charge in [0.05, 0.1) is 20.4 Å². The third kappa shape index (κ3) is 4.30.